The summed E-state index contributed by atoms with van der Waals surface area (Å²) in [7, 11) is 0. The number of ether oxygens (including phenoxy) is 1. The molecule has 0 aromatic heterocycles. The second kappa shape index (κ2) is 8.29. The van der Waals surface area contributed by atoms with Gasteiger partial charge in [-0.1, -0.05) is 48.5 Å². The number of carbonyl (C=O) groups excluding carboxylic acids is 1. The highest BCUT2D eigenvalue weighted by atomic mass is 32.1. The van der Waals surface area contributed by atoms with E-state index in [9.17, 15) is 4.79 Å². The largest absolute Gasteiger partial charge is 0.426 e. The van der Waals surface area contributed by atoms with Gasteiger partial charge in [0.25, 0.3) is 11.1 Å². The van der Waals surface area contributed by atoms with Crippen LogP contribution in [0.1, 0.15) is 12.5 Å². The van der Waals surface area contributed by atoms with Gasteiger partial charge in [-0.05, 0) is 67.2 Å². The van der Waals surface area contributed by atoms with Gasteiger partial charge in [0.1, 0.15) is 0 Å². The highest BCUT2D eigenvalue weighted by Gasteiger charge is 2.31. The van der Waals surface area contributed by atoms with Crippen molar-refractivity contribution in [2.75, 3.05) is 11.4 Å². The molecule has 1 amide bonds. The van der Waals surface area contributed by atoms with Gasteiger partial charge in [-0.2, -0.15) is 0 Å². The molecule has 4 nitrogen and oxygen atoms in total. The molecular weight excluding hydrogens is 380 g/mol. The van der Waals surface area contributed by atoms with Gasteiger partial charge < -0.3 is 9.64 Å². The molecule has 1 aliphatic rings. The average molecular weight is 401 g/mol. The Labute approximate surface area is 175 Å². The van der Waals surface area contributed by atoms with E-state index in [4.69, 9.17) is 17.0 Å². The number of para-hydroxylation sites is 2. The number of hydrogen-bond donors (Lipinski definition) is 0. The Balaban J connectivity index is 1.66. The summed E-state index contributed by atoms with van der Waals surface area (Å²) in [5.74, 6) is 0.0596. The molecular formula is C24H20N2O2S. The van der Waals surface area contributed by atoms with Crippen molar-refractivity contribution in [1.29, 1.82) is 0 Å². The minimum Gasteiger partial charge on any atom is -0.426 e. The van der Waals surface area contributed by atoms with Crippen molar-refractivity contribution in [3.05, 3.63) is 96.3 Å². The van der Waals surface area contributed by atoms with Gasteiger partial charge in [-0.3, -0.25) is 9.69 Å². The number of benzene rings is 3. The molecule has 3 aromatic rings. The molecule has 0 saturated carbocycles. The van der Waals surface area contributed by atoms with Crippen LogP contribution in [0, 0.1) is 0 Å². The number of anilines is 3. The fourth-order valence-corrected chi connectivity index (χ4v) is 3.55. The Morgan fingerprint density at radius 3 is 1.86 bits per heavy atom. The third-order valence-corrected chi connectivity index (χ3v) is 4.97. The quantitative estimate of drug-likeness (QED) is 0.409. The van der Waals surface area contributed by atoms with E-state index < -0.39 is 0 Å². The van der Waals surface area contributed by atoms with Gasteiger partial charge in [-0.25, -0.2) is 0 Å². The maximum Gasteiger partial charge on any atom is 0.297 e. The number of amides is 1. The van der Waals surface area contributed by atoms with Crippen LogP contribution in [-0.2, 0) is 9.53 Å². The zero-order valence-electron chi connectivity index (χ0n) is 16.0. The topological polar surface area (TPSA) is 32.8 Å². The molecule has 1 saturated heterocycles. The molecule has 0 aliphatic carbocycles. The van der Waals surface area contributed by atoms with E-state index in [0.717, 1.165) is 22.6 Å². The summed E-state index contributed by atoms with van der Waals surface area (Å²) in [5, 5.41) is 0.208. The van der Waals surface area contributed by atoms with E-state index in [1.807, 2.05) is 67.6 Å². The van der Waals surface area contributed by atoms with E-state index in [2.05, 4.69) is 29.2 Å². The zero-order valence-corrected chi connectivity index (χ0v) is 16.8. The Kier molecular flexibility index (Phi) is 5.40. The molecule has 144 valence electrons. The molecule has 29 heavy (non-hydrogen) atoms. The maximum atomic E-state index is 12.3. The average Bonchev–Trinajstić information content (AvgIpc) is 3.03. The van der Waals surface area contributed by atoms with Crippen LogP contribution in [0.4, 0.5) is 17.1 Å². The first kappa shape index (κ1) is 18.9. The van der Waals surface area contributed by atoms with Crippen LogP contribution >= 0.6 is 12.2 Å². The molecule has 0 bridgehead atoms. The van der Waals surface area contributed by atoms with E-state index in [0.29, 0.717) is 6.54 Å². The second-order valence-electron chi connectivity index (χ2n) is 6.52. The highest BCUT2D eigenvalue weighted by Crippen LogP contribution is 2.34. The minimum absolute atomic E-state index is 0.197. The van der Waals surface area contributed by atoms with Crippen LogP contribution < -0.4 is 4.90 Å². The molecule has 0 radical (unpaired) electrons. The lowest BCUT2D eigenvalue weighted by Gasteiger charge is -2.25. The van der Waals surface area contributed by atoms with Crippen molar-refractivity contribution in [2.24, 2.45) is 0 Å². The van der Waals surface area contributed by atoms with E-state index in [-0.39, 0.29) is 16.8 Å². The minimum atomic E-state index is -0.197. The van der Waals surface area contributed by atoms with Crippen molar-refractivity contribution < 1.29 is 9.53 Å². The van der Waals surface area contributed by atoms with Crippen LogP contribution in [0.25, 0.3) is 6.08 Å². The van der Waals surface area contributed by atoms with Gasteiger partial charge in [0.05, 0.1) is 0 Å². The summed E-state index contributed by atoms with van der Waals surface area (Å²) >= 11 is 5.11. The Morgan fingerprint density at radius 1 is 0.862 bits per heavy atom. The van der Waals surface area contributed by atoms with Crippen LogP contribution in [-0.4, -0.2) is 22.5 Å². The van der Waals surface area contributed by atoms with Crippen LogP contribution in [0.2, 0.25) is 0 Å². The van der Waals surface area contributed by atoms with Crippen LogP contribution in [0.3, 0.4) is 0 Å². The number of thiocarbonyl (C=S) groups is 1. The van der Waals surface area contributed by atoms with Crippen molar-refractivity contribution >= 4 is 46.4 Å². The summed E-state index contributed by atoms with van der Waals surface area (Å²) < 4.78 is 5.46. The number of nitrogens with zero attached hydrogens (tertiary/aromatic N) is 2. The van der Waals surface area contributed by atoms with Gasteiger partial charge in [0.15, 0.2) is 5.76 Å². The highest BCUT2D eigenvalue weighted by molar-refractivity contribution is 7.80. The molecule has 3 aromatic carbocycles. The number of rotatable bonds is 5. The molecule has 1 aliphatic heterocycles. The van der Waals surface area contributed by atoms with Crippen molar-refractivity contribution in [2.45, 2.75) is 6.92 Å². The van der Waals surface area contributed by atoms with Gasteiger partial charge in [-0.15, -0.1) is 0 Å². The second-order valence-corrected chi connectivity index (χ2v) is 6.87. The molecule has 0 atom stereocenters. The number of hydrogen-bond acceptors (Lipinski definition) is 4. The lowest BCUT2D eigenvalue weighted by Crippen LogP contribution is -2.27. The first-order valence-electron chi connectivity index (χ1n) is 9.43. The molecule has 0 N–H and O–H groups in total. The van der Waals surface area contributed by atoms with E-state index >= 15 is 0 Å². The Morgan fingerprint density at radius 2 is 1.38 bits per heavy atom. The SMILES string of the molecule is CCN1C(=O)/C(=C/c2ccc(N(c3ccccc3)c3ccccc3)cc2)OC1=S. The fraction of sp³-hybridized carbons (Fsp3) is 0.0833. The molecule has 0 spiro atoms. The normalized spacial score (nSPS) is 14.9. The summed E-state index contributed by atoms with van der Waals surface area (Å²) in [6.45, 7) is 2.37. The summed E-state index contributed by atoms with van der Waals surface area (Å²) in [5.41, 5.74) is 4.04. The van der Waals surface area contributed by atoms with Gasteiger partial charge in [0.2, 0.25) is 0 Å². The lowest BCUT2D eigenvalue weighted by atomic mass is 10.1. The standard InChI is InChI=1S/C24H20N2O2S/c1-2-25-23(27)22(28-24(25)29)17-18-13-15-21(16-14-18)26(19-9-5-3-6-10-19)20-11-7-4-8-12-20/h3-17H,2H2,1H3/b22-17-. The Bertz CT molecular complexity index is 1010. The van der Waals surface area contributed by atoms with Crippen molar-refractivity contribution in [3.63, 3.8) is 0 Å². The molecule has 5 heteroatoms. The Hall–Kier alpha value is -3.44. The predicted octanol–water partition coefficient (Wildman–Crippen LogP) is 5.66. The fourth-order valence-electron chi connectivity index (χ4n) is 3.24. The van der Waals surface area contributed by atoms with Gasteiger partial charge >= 0.3 is 0 Å². The molecule has 1 heterocycles. The summed E-state index contributed by atoms with van der Waals surface area (Å²) in [6, 6.07) is 28.4. The zero-order chi connectivity index (χ0) is 20.2. The lowest BCUT2D eigenvalue weighted by molar-refractivity contribution is -0.122. The van der Waals surface area contributed by atoms with Crippen molar-refractivity contribution in [3.8, 4) is 0 Å². The maximum absolute atomic E-state index is 12.3. The third-order valence-electron chi connectivity index (χ3n) is 4.67. The first-order valence-corrected chi connectivity index (χ1v) is 9.84. The predicted molar refractivity (Wildman–Crippen MR) is 120 cm³/mol. The number of likely N-dealkylation sites (N-methyl/N-ethyl adjacent to an activating group) is 1. The molecule has 0 unspecified atom stereocenters. The van der Waals surface area contributed by atoms with Crippen LogP contribution in [0.5, 0.6) is 0 Å². The van der Waals surface area contributed by atoms with Crippen LogP contribution in [0.15, 0.2) is 90.7 Å². The van der Waals surface area contributed by atoms with E-state index in [1.165, 1.54) is 4.90 Å². The van der Waals surface area contributed by atoms with Crippen molar-refractivity contribution in [1.82, 2.24) is 4.90 Å². The summed E-state index contributed by atoms with van der Waals surface area (Å²) in [4.78, 5) is 16.0. The smallest absolute Gasteiger partial charge is 0.297 e. The number of carbonyl (C=O) groups is 1. The van der Waals surface area contributed by atoms with Gasteiger partial charge in [0, 0.05) is 23.6 Å². The summed E-state index contributed by atoms with van der Waals surface area (Å²) in [6.07, 6.45) is 1.73. The van der Waals surface area contributed by atoms with E-state index in [1.54, 1.807) is 6.08 Å². The first-order chi connectivity index (χ1) is 14.2. The third kappa shape index (κ3) is 3.91. The molecule has 4 rings (SSSR count). The monoisotopic (exact) mass is 400 g/mol. The molecule has 1 fully saturated rings.